The average Bonchev–Trinajstić information content (AvgIpc) is 2.62. The molecule has 3 N–H and O–H groups in total. The maximum Gasteiger partial charge on any atom is 0.211 e. The zero-order chi connectivity index (χ0) is 18.2. The Morgan fingerprint density at radius 1 is 1.20 bits per heavy atom. The van der Waals surface area contributed by atoms with E-state index >= 15 is 0 Å². The minimum Gasteiger partial charge on any atom is -0.404 e. The van der Waals surface area contributed by atoms with Gasteiger partial charge in [-0.15, -0.1) is 10.2 Å². The zero-order valence-electron chi connectivity index (χ0n) is 14.4. The third-order valence-electron chi connectivity index (χ3n) is 3.24. The van der Waals surface area contributed by atoms with E-state index in [1.807, 2.05) is 38.1 Å². The molecule has 25 heavy (non-hydrogen) atoms. The third-order valence-corrected chi connectivity index (χ3v) is 3.24. The second-order valence-corrected chi connectivity index (χ2v) is 5.45. The van der Waals surface area contributed by atoms with E-state index in [-0.39, 0.29) is 0 Å². The lowest BCUT2D eigenvalue weighted by Gasteiger charge is -2.06. The lowest BCUT2D eigenvalue weighted by Crippen LogP contribution is -2.02. The SMILES string of the molecule is CN=CC(=CN)c1nnc2cc(/C(C=C(C)C)=C/NC=O)ccc2n1. The van der Waals surface area contributed by atoms with Crippen LogP contribution in [-0.4, -0.2) is 34.9 Å². The van der Waals surface area contributed by atoms with Gasteiger partial charge in [-0.2, -0.15) is 0 Å². The van der Waals surface area contributed by atoms with E-state index in [1.54, 1.807) is 19.5 Å². The van der Waals surface area contributed by atoms with Crippen molar-refractivity contribution < 1.29 is 4.79 Å². The van der Waals surface area contributed by atoms with Crippen molar-refractivity contribution in [3.05, 3.63) is 53.6 Å². The van der Waals surface area contributed by atoms with E-state index in [0.29, 0.717) is 28.8 Å². The Hall–Kier alpha value is -3.35. The van der Waals surface area contributed by atoms with E-state index in [0.717, 1.165) is 16.7 Å². The molecule has 128 valence electrons. The standard InChI is InChI=1S/C18H20N6O/c1-12(2)6-14(10-21-11-25)13-4-5-16-17(7-13)23-24-18(22-16)15(8-19)9-20-3/h4-11H,19H2,1-3H3,(H,21,25)/b14-10+,15-8?,20-9?. The van der Waals surface area contributed by atoms with Gasteiger partial charge in [-0.3, -0.25) is 9.79 Å². The van der Waals surface area contributed by atoms with Crippen LogP contribution in [0.15, 0.2) is 47.2 Å². The maximum atomic E-state index is 10.6. The number of hydrogen-bond acceptors (Lipinski definition) is 6. The molecule has 1 aromatic heterocycles. The first-order valence-electron chi connectivity index (χ1n) is 7.63. The Morgan fingerprint density at radius 3 is 2.64 bits per heavy atom. The van der Waals surface area contributed by atoms with Crippen LogP contribution in [0.1, 0.15) is 25.2 Å². The summed E-state index contributed by atoms with van der Waals surface area (Å²) in [6, 6.07) is 5.64. The molecule has 7 heteroatoms. The fourth-order valence-corrected chi connectivity index (χ4v) is 2.20. The maximum absolute atomic E-state index is 10.6. The second-order valence-electron chi connectivity index (χ2n) is 5.45. The molecule has 1 heterocycles. The number of nitrogens with zero attached hydrogens (tertiary/aromatic N) is 4. The molecule has 1 aromatic carbocycles. The largest absolute Gasteiger partial charge is 0.404 e. The van der Waals surface area contributed by atoms with E-state index in [4.69, 9.17) is 5.73 Å². The molecule has 0 radical (unpaired) electrons. The highest BCUT2D eigenvalue weighted by molar-refractivity contribution is 6.08. The number of benzene rings is 1. The second kappa shape index (κ2) is 8.49. The van der Waals surface area contributed by atoms with Gasteiger partial charge < -0.3 is 11.1 Å². The van der Waals surface area contributed by atoms with Crippen LogP contribution in [0.5, 0.6) is 0 Å². The number of nitrogens with two attached hydrogens (primary N) is 1. The number of fused-ring (bicyclic) bond motifs is 1. The number of amides is 1. The van der Waals surface area contributed by atoms with Crippen molar-refractivity contribution in [2.24, 2.45) is 10.7 Å². The molecule has 0 fully saturated rings. The van der Waals surface area contributed by atoms with E-state index < -0.39 is 0 Å². The minimum absolute atomic E-state index is 0.413. The summed E-state index contributed by atoms with van der Waals surface area (Å²) >= 11 is 0. The minimum atomic E-state index is 0.413. The van der Waals surface area contributed by atoms with Gasteiger partial charge in [0.15, 0.2) is 5.82 Å². The fourth-order valence-electron chi connectivity index (χ4n) is 2.20. The quantitative estimate of drug-likeness (QED) is 0.477. The normalized spacial score (nSPS) is 12.4. The van der Waals surface area contributed by atoms with Crippen molar-refractivity contribution in [1.82, 2.24) is 20.5 Å². The van der Waals surface area contributed by atoms with Crippen LogP contribution >= 0.6 is 0 Å². The van der Waals surface area contributed by atoms with Gasteiger partial charge in [-0.05, 0) is 37.1 Å². The van der Waals surface area contributed by atoms with Gasteiger partial charge >= 0.3 is 0 Å². The van der Waals surface area contributed by atoms with Crippen LogP contribution in [0.3, 0.4) is 0 Å². The first-order chi connectivity index (χ1) is 12.1. The zero-order valence-corrected chi connectivity index (χ0v) is 14.4. The van der Waals surface area contributed by atoms with Gasteiger partial charge in [0.2, 0.25) is 6.41 Å². The topological polar surface area (TPSA) is 106 Å². The molecule has 1 amide bonds. The monoisotopic (exact) mass is 336 g/mol. The summed E-state index contributed by atoms with van der Waals surface area (Å²) in [7, 11) is 1.65. The van der Waals surface area contributed by atoms with Crippen molar-refractivity contribution in [2.45, 2.75) is 13.8 Å². The number of allylic oxidation sites excluding steroid dienone is 4. The number of hydrogen-bond donors (Lipinski definition) is 2. The molecule has 0 unspecified atom stereocenters. The Labute approximate surface area is 146 Å². The third kappa shape index (κ3) is 4.57. The molecule has 0 aliphatic carbocycles. The lowest BCUT2D eigenvalue weighted by atomic mass is 10.0. The predicted molar refractivity (Wildman–Crippen MR) is 101 cm³/mol. The Balaban J connectivity index is 2.49. The average molecular weight is 336 g/mol. The van der Waals surface area contributed by atoms with Gasteiger partial charge in [0, 0.05) is 25.7 Å². The smallest absolute Gasteiger partial charge is 0.211 e. The molecular weight excluding hydrogens is 316 g/mol. The van der Waals surface area contributed by atoms with Crippen LogP contribution in [0, 0.1) is 0 Å². The highest BCUT2D eigenvalue weighted by Crippen LogP contribution is 2.21. The molecule has 0 bridgehead atoms. The Morgan fingerprint density at radius 2 is 2.00 bits per heavy atom. The first kappa shape index (κ1) is 18.0. The Kier molecular flexibility index (Phi) is 6.11. The van der Waals surface area contributed by atoms with Gasteiger partial charge in [-0.25, -0.2) is 4.98 Å². The summed E-state index contributed by atoms with van der Waals surface area (Å²) in [4.78, 5) is 19.0. The molecule has 0 aliphatic rings. The van der Waals surface area contributed by atoms with Gasteiger partial charge in [0.25, 0.3) is 0 Å². The summed E-state index contributed by atoms with van der Waals surface area (Å²) in [5, 5.41) is 10.9. The summed E-state index contributed by atoms with van der Waals surface area (Å²) in [5.74, 6) is 0.413. The van der Waals surface area contributed by atoms with E-state index in [9.17, 15) is 4.79 Å². The Bertz CT molecular complexity index is 892. The number of rotatable bonds is 6. The fraction of sp³-hybridized carbons (Fsp3) is 0.167. The highest BCUT2D eigenvalue weighted by Gasteiger charge is 2.07. The summed E-state index contributed by atoms with van der Waals surface area (Å²) in [6.07, 6.45) is 7.22. The predicted octanol–water partition coefficient (Wildman–Crippen LogP) is 2.08. The lowest BCUT2D eigenvalue weighted by molar-refractivity contribution is -0.108. The molecule has 2 aromatic rings. The number of aliphatic imine (C=N–C) groups is 1. The van der Waals surface area contributed by atoms with Gasteiger partial charge in [-0.1, -0.05) is 17.7 Å². The summed E-state index contributed by atoms with van der Waals surface area (Å²) in [5.41, 5.74) is 10.4. The van der Waals surface area contributed by atoms with Crippen LogP contribution < -0.4 is 11.1 Å². The molecule has 0 aliphatic heterocycles. The molecular formula is C18H20N6O. The molecule has 7 nitrogen and oxygen atoms in total. The van der Waals surface area contributed by atoms with E-state index in [1.165, 1.54) is 6.20 Å². The van der Waals surface area contributed by atoms with Crippen molar-refractivity contribution >= 4 is 34.8 Å². The molecule has 0 saturated carbocycles. The molecule has 0 saturated heterocycles. The van der Waals surface area contributed by atoms with Crippen LogP contribution in [-0.2, 0) is 4.79 Å². The van der Waals surface area contributed by atoms with Gasteiger partial charge in [0.1, 0.15) is 5.52 Å². The summed E-state index contributed by atoms with van der Waals surface area (Å²) in [6.45, 7) is 3.97. The summed E-state index contributed by atoms with van der Waals surface area (Å²) < 4.78 is 0. The number of carbonyl (C=O) groups is 1. The van der Waals surface area contributed by atoms with E-state index in [2.05, 4.69) is 25.5 Å². The van der Waals surface area contributed by atoms with Crippen molar-refractivity contribution in [3.63, 3.8) is 0 Å². The number of carbonyl (C=O) groups excluding carboxylic acids is 1. The van der Waals surface area contributed by atoms with Crippen molar-refractivity contribution in [2.75, 3.05) is 7.05 Å². The van der Waals surface area contributed by atoms with Crippen molar-refractivity contribution in [1.29, 1.82) is 0 Å². The number of aromatic nitrogens is 3. The molecule has 2 rings (SSSR count). The molecule has 0 atom stereocenters. The van der Waals surface area contributed by atoms with Crippen molar-refractivity contribution in [3.8, 4) is 0 Å². The van der Waals surface area contributed by atoms with Crippen LogP contribution in [0.25, 0.3) is 22.2 Å². The van der Waals surface area contributed by atoms with Crippen LogP contribution in [0.2, 0.25) is 0 Å². The molecule has 0 spiro atoms. The highest BCUT2D eigenvalue weighted by atomic mass is 16.1. The van der Waals surface area contributed by atoms with Gasteiger partial charge in [0.05, 0.1) is 11.1 Å². The number of nitrogens with one attached hydrogen (secondary N) is 1. The first-order valence-corrected chi connectivity index (χ1v) is 7.63. The van der Waals surface area contributed by atoms with Crippen LogP contribution in [0.4, 0.5) is 0 Å².